The monoisotopic (exact) mass is 217 g/mol. The summed E-state index contributed by atoms with van der Waals surface area (Å²) in [5.74, 6) is -0.428. The Labute approximate surface area is 91.1 Å². The van der Waals surface area contributed by atoms with Crippen LogP contribution in [0.2, 0.25) is 0 Å². The molecule has 0 amide bonds. The van der Waals surface area contributed by atoms with Gasteiger partial charge in [0.05, 0.1) is 5.56 Å². The first-order chi connectivity index (χ1) is 7.70. The number of hydrogen-bond acceptors (Lipinski definition) is 5. The van der Waals surface area contributed by atoms with Crippen molar-refractivity contribution in [3.8, 4) is 6.07 Å². The minimum absolute atomic E-state index is 0.0134. The Hall–Kier alpha value is -2.42. The molecule has 1 aromatic carbocycles. The first kappa shape index (κ1) is 10.1. The molecule has 16 heavy (non-hydrogen) atoms. The number of guanidine groups is 1. The largest absolute Gasteiger partial charge is 0.367 e. The first-order valence-electron chi connectivity index (χ1n) is 4.53. The van der Waals surface area contributed by atoms with Crippen LogP contribution in [0.25, 0.3) is 0 Å². The highest BCUT2D eigenvalue weighted by atomic mass is 19.1. The second-order valence-electron chi connectivity index (χ2n) is 3.21. The van der Waals surface area contributed by atoms with Gasteiger partial charge in [0, 0.05) is 6.21 Å². The van der Waals surface area contributed by atoms with Gasteiger partial charge in [-0.15, -0.1) is 5.10 Å². The van der Waals surface area contributed by atoms with Gasteiger partial charge in [0.1, 0.15) is 17.9 Å². The molecule has 2 rings (SSSR count). The van der Waals surface area contributed by atoms with E-state index in [1.807, 2.05) is 0 Å². The third-order valence-electron chi connectivity index (χ3n) is 2.15. The van der Waals surface area contributed by atoms with Gasteiger partial charge in [0.15, 0.2) is 0 Å². The fourth-order valence-electron chi connectivity index (χ4n) is 1.32. The van der Waals surface area contributed by atoms with Crippen LogP contribution in [-0.2, 0) is 0 Å². The van der Waals surface area contributed by atoms with Crippen LogP contribution >= 0.6 is 0 Å². The van der Waals surface area contributed by atoms with E-state index in [0.717, 1.165) is 0 Å². The van der Waals surface area contributed by atoms with Crippen LogP contribution < -0.4 is 11.2 Å². The maximum atomic E-state index is 13.3. The van der Waals surface area contributed by atoms with Gasteiger partial charge in [0.2, 0.25) is 5.96 Å². The number of hydrogen-bond donors (Lipinski definition) is 2. The summed E-state index contributed by atoms with van der Waals surface area (Å²) < 4.78 is 13.3. The zero-order valence-corrected chi connectivity index (χ0v) is 8.18. The molecule has 0 unspecified atom stereocenters. The Bertz CT molecular complexity index is 514. The number of nitrogens with one attached hydrogen (secondary N) is 1. The lowest BCUT2D eigenvalue weighted by Gasteiger charge is -2.15. The smallest absolute Gasteiger partial charge is 0.237 e. The summed E-state index contributed by atoms with van der Waals surface area (Å²) in [6.45, 7) is 0. The summed E-state index contributed by atoms with van der Waals surface area (Å²) in [5.41, 5.74) is 8.69. The zero-order chi connectivity index (χ0) is 11.5. The van der Waals surface area contributed by atoms with Gasteiger partial charge in [-0.25, -0.2) is 9.38 Å². The number of benzene rings is 1. The fraction of sp³-hybridized carbons (Fsp3) is 0.100. The van der Waals surface area contributed by atoms with Crippen molar-refractivity contribution in [2.45, 2.75) is 6.04 Å². The quantitative estimate of drug-likeness (QED) is 0.723. The van der Waals surface area contributed by atoms with Crippen molar-refractivity contribution in [1.82, 2.24) is 5.43 Å². The predicted octanol–water partition coefficient (Wildman–Crippen LogP) is 0.642. The minimum Gasteiger partial charge on any atom is -0.367 e. The summed E-state index contributed by atoms with van der Waals surface area (Å²) in [6.07, 6.45) is 1.53. The summed E-state index contributed by atoms with van der Waals surface area (Å²) in [6, 6.07) is 5.77. The number of halogens is 1. The molecule has 1 aliphatic rings. The summed E-state index contributed by atoms with van der Waals surface area (Å²) in [5, 5.41) is 12.3. The molecular formula is C10H8FN5. The molecule has 6 heteroatoms. The van der Waals surface area contributed by atoms with E-state index in [9.17, 15) is 4.39 Å². The molecule has 0 saturated heterocycles. The van der Waals surface area contributed by atoms with Crippen molar-refractivity contribution in [1.29, 1.82) is 5.26 Å². The molecule has 3 N–H and O–H groups in total. The van der Waals surface area contributed by atoms with E-state index in [1.54, 1.807) is 12.1 Å². The normalized spacial score (nSPS) is 18.5. The molecule has 5 nitrogen and oxygen atoms in total. The van der Waals surface area contributed by atoms with Crippen molar-refractivity contribution in [2.75, 3.05) is 0 Å². The molecule has 0 aliphatic carbocycles. The summed E-state index contributed by atoms with van der Waals surface area (Å²) in [4.78, 5) is 3.81. The van der Waals surface area contributed by atoms with Crippen LogP contribution in [0.15, 0.2) is 28.3 Å². The van der Waals surface area contributed by atoms with E-state index >= 15 is 0 Å². The van der Waals surface area contributed by atoms with Crippen molar-refractivity contribution in [3.05, 3.63) is 35.1 Å². The number of aliphatic imine (C=N–C) groups is 1. The Morgan fingerprint density at radius 2 is 2.31 bits per heavy atom. The number of nitrogens with two attached hydrogens (primary N) is 1. The molecule has 1 heterocycles. The molecule has 0 saturated carbocycles. The number of nitriles is 1. The van der Waals surface area contributed by atoms with Gasteiger partial charge < -0.3 is 5.73 Å². The van der Waals surface area contributed by atoms with Gasteiger partial charge in [-0.3, -0.25) is 5.43 Å². The highest BCUT2D eigenvalue weighted by Gasteiger charge is 2.13. The lowest BCUT2D eigenvalue weighted by Crippen LogP contribution is -2.27. The highest BCUT2D eigenvalue weighted by molar-refractivity contribution is 5.89. The SMILES string of the molecule is N#Cc1ccc([C@@H]2C=NC(N)=NN2)cc1F. The van der Waals surface area contributed by atoms with Gasteiger partial charge in [0.25, 0.3) is 0 Å². The Kier molecular flexibility index (Phi) is 2.52. The third kappa shape index (κ3) is 1.83. The van der Waals surface area contributed by atoms with Gasteiger partial charge in [-0.05, 0) is 17.7 Å². The molecule has 0 fully saturated rings. The van der Waals surface area contributed by atoms with Gasteiger partial charge in [-0.1, -0.05) is 6.07 Å². The van der Waals surface area contributed by atoms with Crippen molar-refractivity contribution >= 4 is 12.2 Å². The third-order valence-corrected chi connectivity index (χ3v) is 2.15. The van der Waals surface area contributed by atoms with E-state index in [0.29, 0.717) is 5.56 Å². The molecule has 1 aromatic rings. The number of hydrazone groups is 1. The fourth-order valence-corrected chi connectivity index (χ4v) is 1.32. The van der Waals surface area contributed by atoms with E-state index in [2.05, 4.69) is 15.5 Å². The number of rotatable bonds is 1. The maximum absolute atomic E-state index is 13.3. The van der Waals surface area contributed by atoms with Crippen LogP contribution in [0.5, 0.6) is 0 Å². The molecule has 0 radical (unpaired) electrons. The average molecular weight is 217 g/mol. The lowest BCUT2D eigenvalue weighted by molar-refractivity contribution is 0.614. The maximum Gasteiger partial charge on any atom is 0.237 e. The van der Waals surface area contributed by atoms with Crippen LogP contribution in [0.3, 0.4) is 0 Å². The summed E-state index contributed by atoms with van der Waals surface area (Å²) in [7, 11) is 0. The van der Waals surface area contributed by atoms with Gasteiger partial charge >= 0.3 is 0 Å². The number of nitrogens with zero attached hydrogens (tertiary/aromatic N) is 3. The first-order valence-corrected chi connectivity index (χ1v) is 4.53. The molecule has 1 aliphatic heterocycles. The van der Waals surface area contributed by atoms with E-state index < -0.39 is 5.82 Å². The van der Waals surface area contributed by atoms with Crippen molar-refractivity contribution in [2.24, 2.45) is 15.8 Å². The molecule has 80 valence electrons. The Balaban J connectivity index is 2.27. The van der Waals surface area contributed by atoms with E-state index in [-0.39, 0.29) is 17.6 Å². The second kappa shape index (κ2) is 3.98. The van der Waals surface area contributed by atoms with E-state index in [1.165, 1.54) is 18.3 Å². The Morgan fingerprint density at radius 1 is 1.50 bits per heavy atom. The average Bonchev–Trinajstić information content (AvgIpc) is 2.30. The molecule has 1 atom stereocenters. The van der Waals surface area contributed by atoms with Crippen LogP contribution in [0.4, 0.5) is 4.39 Å². The van der Waals surface area contributed by atoms with Crippen LogP contribution in [-0.4, -0.2) is 12.2 Å². The van der Waals surface area contributed by atoms with Crippen molar-refractivity contribution in [3.63, 3.8) is 0 Å². The summed E-state index contributed by atoms with van der Waals surface area (Å²) >= 11 is 0. The molecule has 0 bridgehead atoms. The van der Waals surface area contributed by atoms with E-state index in [4.69, 9.17) is 11.0 Å². The second-order valence-corrected chi connectivity index (χ2v) is 3.21. The van der Waals surface area contributed by atoms with Crippen molar-refractivity contribution < 1.29 is 4.39 Å². The standard InChI is InChI=1S/C10H8FN5/c11-8-3-6(1-2-7(8)4-12)9-5-14-10(13)16-15-9/h1-3,5,9,15H,(H2,13,16)/t9-/m0/s1. The Morgan fingerprint density at radius 3 is 2.88 bits per heavy atom. The lowest BCUT2D eigenvalue weighted by atomic mass is 10.1. The molecule has 0 aromatic heterocycles. The van der Waals surface area contributed by atoms with Crippen LogP contribution in [0.1, 0.15) is 17.2 Å². The zero-order valence-electron chi connectivity index (χ0n) is 8.18. The van der Waals surface area contributed by atoms with Gasteiger partial charge in [-0.2, -0.15) is 5.26 Å². The highest BCUT2D eigenvalue weighted by Crippen LogP contribution is 2.16. The van der Waals surface area contributed by atoms with Crippen LogP contribution in [0, 0.1) is 17.1 Å². The predicted molar refractivity (Wildman–Crippen MR) is 57.1 cm³/mol. The molecule has 0 spiro atoms. The topological polar surface area (TPSA) is 86.6 Å². The molecular weight excluding hydrogens is 209 g/mol. The minimum atomic E-state index is -0.558.